The molecule has 0 rings (SSSR count). The highest BCUT2D eigenvalue weighted by molar-refractivity contribution is 5.87. The summed E-state index contributed by atoms with van der Waals surface area (Å²) in [5.41, 5.74) is 0.744. The van der Waals surface area contributed by atoms with Gasteiger partial charge in [0.05, 0.1) is 13.2 Å². The van der Waals surface area contributed by atoms with Crippen LogP contribution in [0.2, 0.25) is 0 Å². The Hall–Kier alpha value is -1.84. The van der Waals surface area contributed by atoms with Crippen LogP contribution < -0.4 is 0 Å². The maximum Gasteiger partial charge on any atom is 0.333 e. The van der Waals surface area contributed by atoms with E-state index < -0.39 is 0 Å². The minimum absolute atomic E-state index is 0.0140. The Morgan fingerprint density at radius 3 is 1.73 bits per heavy atom. The molecule has 0 spiro atoms. The molecule has 26 heavy (non-hydrogen) atoms. The Morgan fingerprint density at radius 1 is 0.923 bits per heavy atom. The van der Waals surface area contributed by atoms with Crippen LogP contribution >= 0.6 is 0 Å². The number of esters is 2. The zero-order valence-electron chi connectivity index (χ0n) is 17.4. The smallest absolute Gasteiger partial charge is 0.333 e. The molecule has 0 bridgehead atoms. The van der Waals surface area contributed by atoms with Gasteiger partial charge in [0.1, 0.15) is 0 Å². The predicted molar refractivity (Wildman–Crippen MR) is 107 cm³/mol. The molecule has 0 aliphatic rings. The lowest BCUT2D eigenvalue weighted by atomic mass is 9.68. The van der Waals surface area contributed by atoms with E-state index in [0.29, 0.717) is 24.4 Å². The molecule has 0 aliphatic carbocycles. The molecule has 0 aromatic heterocycles. The van der Waals surface area contributed by atoms with E-state index in [1.165, 1.54) is 0 Å². The number of hydrogen-bond acceptors (Lipinski definition) is 4. The second kappa shape index (κ2) is 10.3. The zero-order chi connectivity index (χ0) is 20.5. The SMILES string of the molecule is C=CC(CC(C)(C)CCOC(=O)C(=C)C)C(C)(C)CCOC(=O)C(=C)C. The Bertz CT molecular complexity index is 540. The van der Waals surface area contributed by atoms with Crippen LogP contribution in [0.4, 0.5) is 0 Å². The molecule has 0 N–H and O–H groups in total. The standard InChI is InChI=1S/C22H36O4/c1-10-18(22(8,9)12-14-26-20(24)17(4)5)15-21(6,7)11-13-25-19(23)16(2)3/h10,18H,1-2,4,11-15H2,3,5-9H3. The van der Waals surface area contributed by atoms with Gasteiger partial charge in [0, 0.05) is 11.1 Å². The fourth-order valence-corrected chi connectivity index (χ4v) is 2.63. The van der Waals surface area contributed by atoms with Gasteiger partial charge in [0.2, 0.25) is 0 Å². The highest BCUT2D eigenvalue weighted by atomic mass is 16.5. The molecule has 1 unspecified atom stereocenters. The van der Waals surface area contributed by atoms with Crippen molar-refractivity contribution in [2.45, 2.75) is 60.8 Å². The third kappa shape index (κ3) is 9.02. The van der Waals surface area contributed by atoms with Gasteiger partial charge in [-0.15, -0.1) is 6.58 Å². The molecule has 0 saturated carbocycles. The van der Waals surface area contributed by atoms with E-state index in [9.17, 15) is 9.59 Å². The van der Waals surface area contributed by atoms with Crippen LogP contribution in [0.1, 0.15) is 60.8 Å². The first-order chi connectivity index (χ1) is 11.8. The van der Waals surface area contributed by atoms with Crippen molar-refractivity contribution in [1.82, 2.24) is 0 Å². The number of ether oxygens (including phenoxy) is 2. The zero-order valence-corrected chi connectivity index (χ0v) is 17.4. The Kier molecular flexibility index (Phi) is 9.61. The second-order valence-electron chi connectivity index (χ2n) is 8.53. The van der Waals surface area contributed by atoms with E-state index >= 15 is 0 Å². The van der Waals surface area contributed by atoms with Gasteiger partial charge in [-0.3, -0.25) is 0 Å². The molecule has 1 atom stereocenters. The van der Waals surface area contributed by atoms with Crippen molar-refractivity contribution in [3.8, 4) is 0 Å². The molecule has 0 radical (unpaired) electrons. The molecule has 0 aromatic rings. The van der Waals surface area contributed by atoms with E-state index in [2.05, 4.69) is 47.4 Å². The summed E-state index contributed by atoms with van der Waals surface area (Å²) < 4.78 is 10.5. The molecule has 148 valence electrons. The number of hydrogen-bond donors (Lipinski definition) is 0. The van der Waals surface area contributed by atoms with Crippen LogP contribution in [-0.4, -0.2) is 25.2 Å². The van der Waals surface area contributed by atoms with Crippen LogP contribution in [-0.2, 0) is 19.1 Å². The second-order valence-corrected chi connectivity index (χ2v) is 8.53. The molecule has 0 heterocycles. The highest BCUT2D eigenvalue weighted by Gasteiger charge is 2.32. The molecule has 0 aliphatic heterocycles. The largest absolute Gasteiger partial charge is 0.462 e. The van der Waals surface area contributed by atoms with Gasteiger partial charge in [0.15, 0.2) is 0 Å². The lowest BCUT2D eigenvalue weighted by molar-refractivity contribution is -0.141. The summed E-state index contributed by atoms with van der Waals surface area (Å²) in [6, 6.07) is 0. The summed E-state index contributed by atoms with van der Waals surface area (Å²) >= 11 is 0. The van der Waals surface area contributed by atoms with Crippen LogP contribution in [0.15, 0.2) is 37.0 Å². The van der Waals surface area contributed by atoms with Crippen molar-refractivity contribution < 1.29 is 19.1 Å². The average molecular weight is 365 g/mol. The molecule has 4 heteroatoms. The molecule has 0 fully saturated rings. The minimum Gasteiger partial charge on any atom is -0.462 e. The molecule has 0 saturated heterocycles. The number of carbonyl (C=O) groups is 2. The summed E-state index contributed by atoms with van der Waals surface area (Å²) in [4.78, 5) is 23.0. The molecular weight excluding hydrogens is 328 g/mol. The topological polar surface area (TPSA) is 52.6 Å². The molecule has 4 nitrogen and oxygen atoms in total. The maximum absolute atomic E-state index is 11.5. The summed E-state index contributed by atoms with van der Waals surface area (Å²) in [7, 11) is 0. The third-order valence-corrected chi connectivity index (χ3v) is 4.75. The summed E-state index contributed by atoms with van der Waals surface area (Å²) in [5, 5.41) is 0. The Balaban J connectivity index is 4.65. The quantitative estimate of drug-likeness (QED) is 0.270. The van der Waals surface area contributed by atoms with E-state index in [-0.39, 0.29) is 28.7 Å². The third-order valence-electron chi connectivity index (χ3n) is 4.75. The normalized spacial score (nSPS) is 12.8. The van der Waals surface area contributed by atoms with Gasteiger partial charge in [-0.2, -0.15) is 0 Å². The van der Waals surface area contributed by atoms with Crippen molar-refractivity contribution >= 4 is 11.9 Å². The van der Waals surface area contributed by atoms with Crippen molar-refractivity contribution in [2.24, 2.45) is 16.7 Å². The Labute approximate surface area is 159 Å². The number of carbonyl (C=O) groups excluding carboxylic acids is 2. The molecule has 0 amide bonds. The first kappa shape index (κ1) is 24.2. The first-order valence-electron chi connectivity index (χ1n) is 9.10. The van der Waals surface area contributed by atoms with Crippen molar-refractivity contribution in [3.05, 3.63) is 37.0 Å². The Morgan fingerprint density at radius 2 is 1.35 bits per heavy atom. The van der Waals surface area contributed by atoms with E-state index in [1.54, 1.807) is 13.8 Å². The van der Waals surface area contributed by atoms with Gasteiger partial charge >= 0.3 is 11.9 Å². The number of allylic oxidation sites excluding steroid dienone is 1. The van der Waals surface area contributed by atoms with Crippen LogP contribution in [0.5, 0.6) is 0 Å². The monoisotopic (exact) mass is 364 g/mol. The van der Waals surface area contributed by atoms with E-state index in [4.69, 9.17) is 9.47 Å². The van der Waals surface area contributed by atoms with Crippen molar-refractivity contribution in [1.29, 1.82) is 0 Å². The summed E-state index contributed by atoms with van der Waals surface area (Å²) in [5.74, 6) is -0.450. The fourth-order valence-electron chi connectivity index (χ4n) is 2.63. The predicted octanol–water partition coefficient (Wildman–Crippen LogP) is 5.25. The lowest BCUT2D eigenvalue weighted by Crippen LogP contribution is -2.30. The first-order valence-corrected chi connectivity index (χ1v) is 9.10. The summed E-state index contributed by atoms with van der Waals surface area (Å²) in [6.07, 6.45) is 4.38. The fraction of sp³-hybridized carbons (Fsp3) is 0.636. The van der Waals surface area contributed by atoms with Gasteiger partial charge in [-0.25, -0.2) is 9.59 Å². The van der Waals surface area contributed by atoms with Gasteiger partial charge in [0.25, 0.3) is 0 Å². The minimum atomic E-state index is -0.351. The molecule has 0 aromatic carbocycles. The van der Waals surface area contributed by atoms with Gasteiger partial charge < -0.3 is 9.47 Å². The van der Waals surface area contributed by atoms with E-state index in [1.807, 2.05) is 6.08 Å². The van der Waals surface area contributed by atoms with Gasteiger partial charge in [-0.05, 0) is 49.9 Å². The average Bonchev–Trinajstić information content (AvgIpc) is 2.51. The van der Waals surface area contributed by atoms with Crippen LogP contribution in [0.25, 0.3) is 0 Å². The number of rotatable bonds is 12. The summed E-state index contributed by atoms with van der Waals surface area (Å²) in [6.45, 7) is 23.8. The van der Waals surface area contributed by atoms with Crippen molar-refractivity contribution in [2.75, 3.05) is 13.2 Å². The lowest BCUT2D eigenvalue weighted by Gasteiger charge is -2.38. The van der Waals surface area contributed by atoms with Crippen LogP contribution in [0, 0.1) is 16.7 Å². The highest BCUT2D eigenvalue weighted by Crippen LogP contribution is 2.41. The molecular formula is C22H36O4. The van der Waals surface area contributed by atoms with Gasteiger partial charge in [-0.1, -0.05) is 46.9 Å². The van der Waals surface area contributed by atoms with Crippen molar-refractivity contribution in [3.63, 3.8) is 0 Å². The maximum atomic E-state index is 11.5. The van der Waals surface area contributed by atoms with Crippen LogP contribution in [0.3, 0.4) is 0 Å². The van der Waals surface area contributed by atoms with E-state index in [0.717, 1.165) is 19.3 Å².